The van der Waals surface area contributed by atoms with Gasteiger partial charge < -0.3 is 11.1 Å². The molecular weight excluding hydrogens is 292 g/mol. The van der Waals surface area contributed by atoms with Gasteiger partial charge in [0, 0.05) is 12.3 Å². The van der Waals surface area contributed by atoms with Crippen LogP contribution in [0.5, 0.6) is 0 Å². The maximum absolute atomic E-state index is 12.0. The van der Waals surface area contributed by atoms with Crippen molar-refractivity contribution >= 4 is 21.5 Å². The number of aromatic nitrogens is 4. The smallest absolute Gasteiger partial charge is 0.182 e. The van der Waals surface area contributed by atoms with Crippen molar-refractivity contribution in [2.45, 2.75) is 30.7 Å². The quantitative estimate of drug-likeness (QED) is 0.846. The average molecular weight is 308 g/mol. The van der Waals surface area contributed by atoms with E-state index >= 15 is 0 Å². The summed E-state index contributed by atoms with van der Waals surface area (Å²) in [4.78, 5) is 0.0109. The van der Waals surface area contributed by atoms with Gasteiger partial charge in [0.05, 0.1) is 5.69 Å². The number of aryl methyl sites for hydroxylation is 1. The van der Waals surface area contributed by atoms with Crippen LogP contribution in [0.1, 0.15) is 18.5 Å². The first kappa shape index (κ1) is 13.8. The number of hydrogen-bond donors (Lipinski definition) is 2. The zero-order valence-electron chi connectivity index (χ0n) is 11.7. The molecule has 9 heteroatoms. The van der Waals surface area contributed by atoms with E-state index in [4.69, 9.17) is 5.73 Å². The number of nitrogens with zero attached hydrogens (tertiary/aromatic N) is 4. The van der Waals surface area contributed by atoms with Crippen LogP contribution in [0.25, 0.3) is 5.82 Å². The molecule has 1 aliphatic carbocycles. The normalized spacial score (nSPS) is 15.1. The lowest BCUT2D eigenvalue weighted by molar-refractivity contribution is 0.602. The van der Waals surface area contributed by atoms with E-state index in [0.717, 1.165) is 24.8 Å². The molecule has 2 heterocycles. The highest BCUT2D eigenvalue weighted by molar-refractivity contribution is 7.91. The summed E-state index contributed by atoms with van der Waals surface area (Å²) in [6.45, 7) is 1.81. The second-order valence-electron chi connectivity index (χ2n) is 5.20. The van der Waals surface area contributed by atoms with E-state index < -0.39 is 9.84 Å². The summed E-state index contributed by atoms with van der Waals surface area (Å²) in [5, 5.41) is 15.3. The molecule has 0 aromatic carbocycles. The summed E-state index contributed by atoms with van der Waals surface area (Å²) in [6, 6.07) is 3.72. The second kappa shape index (κ2) is 4.69. The zero-order chi connectivity index (χ0) is 15.2. The number of sulfone groups is 1. The van der Waals surface area contributed by atoms with Gasteiger partial charge in [0.25, 0.3) is 0 Å². The first-order valence-electron chi connectivity index (χ1n) is 6.52. The lowest BCUT2D eigenvalue weighted by atomic mass is 10.4. The molecule has 0 amide bonds. The van der Waals surface area contributed by atoms with Gasteiger partial charge in [-0.05, 0) is 31.9 Å². The van der Waals surface area contributed by atoms with Crippen molar-refractivity contribution < 1.29 is 8.42 Å². The zero-order valence-corrected chi connectivity index (χ0v) is 12.6. The van der Waals surface area contributed by atoms with Crippen molar-refractivity contribution in [3.05, 3.63) is 17.8 Å². The Morgan fingerprint density at radius 3 is 2.57 bits per heavy atom. The summed E-state index contributed by atoms with van der Waals surface area (Å²) in [5.41, 5.74) is 6.72. The number of nitrogen functional groups attached to an aromatic ring is 1. The first-order valence-corrected chi connectivity index (χ1v) is 8.41. The Labute approximate surface area is 122 Å². The number of hydrogen-bond acceptors (Lipinski definition) is 7. The minimum Gasteiger partial charge on any atom is -0.382 e. The van der Waals surface area contributed by atoms with Crippen molar-refractivity contribution in [3.63, 3.8) is 0 Å². The van der Waals surface area contributed by atoms with Crippen LogP contribution in [0.3, 0.4) is 0 Å². The van der Waals surface area contributed by atoms with Gasteiger partial charge in [-0.25, -0.2) is 8.42 Å². The third-order valence-electron chi connectivity index (χ3n) is 3.17. The van der Waals surface area contributed by atoms with E-state index in [9.17, 15) is 8.42 Å². The molecule has 0 saturated heterocycles. The van der Waals surface area contributed by atoms with E-state index in [1.807, 2.05) is 6.92 Å². The van der Waals surface area contributed by atoms with Crippen LogP contribution < -0.4 is 11.1 Å². The number of rotatable bonds is 4. The molecule has 1 aliphatic rings. The van der Waals surface area contributed by atoms with Gasteiger partial charge in [-0.2, -0.15) is 9.78 Å². The highest BCUT2D eigenvalue weighted by Crippen LogP contribution is 2.32. The lowest BCUT2D eigenvalue weighted by Crippen LogP contribution is -2.08. The molecule has 8 nitrogen and oxygen atoms in total. The van der Waals surface area contributed by atoms with Gasteiger partial charge in [-0.1, -0.05) is 0 Å². The standard InChI is InChI=1S/C12H16N6O2S/c1-7-3-6-9(16-15-7)18-11(13)10(21(2,19)20)12(17-18)14-8-4-5-8/h3,6,8H,4-5,13H2,1-2H3,(H,14,17). The Balaban J connectivity index is 2.13. The number of nitrogens with two attached hydrogens (primary N) is 1. The topological polar surface area (TPSA) is 116 Å². The summed E-state index contributed by atoms with van der Waals surface area (Å²) < 4.78 is 25.2. The molecule has 0 aliphatic heterocycles. The van der Waals surface area contributed by atoms with E-state index in [-0.39, 0.29) is 22.6 Å². The fourth-order valence-corrected chi connectivity index (χ4v) is 2.89. The van der Waals surface area contributed by atoms with Crippen LogP contribution in [0.15, 0.2) is 17.0 Å². The fourth-order valence-electron chi connectivity index (χ4n) is 1.98. The Kier molecular flexibility index (Phi) is 3.08. The van der Waals surface area contributed by atoms with Gasteiger partial charge in [0.2, 0.25) is 0 Å². The van der Waals surface area contributed by atoms with Gasteiger partial charge in [-0.3, -0.25) is 0 Å². The summed E-state index contributed by atoms with van der Waals surface area (Å²) >= 11 is 0. The van der Waals surface area contributed by atoms with Crippen molar-refractivity contribution in [1.82, 2.24) is 20.0 Å². The minimum atomic E-state index is -3.50. The Bertz CT molecular complexity index is 777. The molecule has 3 N–H and O–H groups in total. The molecule has 0 spiro atoms. The number of nitrogens with one attached hydrogen (secondary N) is 1. The fraction of sp³-hybridized carbons (Fsp3) is 0.417. The van der Waals surface area contributed by atoms with Crippen LogP contribution in [0.2, 0.25) is 0 Å². The largest absolute Gasteiger partial charge is 0.382 e. The van der Waals surface area contributed by atoms with E-state index in [1.165, 1.54) is 4.68 Å². The molecule has 0 bridgehead atoms. The molecule has 1 saturated carbocycles. The van der Waals surface area contributed by atoms with Crippen molar-refractivity contribution in [3.8, 4) is 5.82 Å². The predicted octanol–water partition coefficient (Wildman–Crippen LogP) is 0.531. The maximum atomic E-state index is 12.0. The monoisotopic (exact) mass is 308 g/mol. The lowest BCUT2D eigenvalue weighted by Gasteiger charge is -2.03. The van der Waals surface area contributed by atoms with E-state index in [1.54, 1.807) is 12.1 Å². The Hall–Kier alpha value is -2.16. The second-order valence-corrected chi connectivity index (χ2v) is 7.15. The molecule has 0 atom stereocenters. The highest BCUT2D eigenvalue weighted by atomic mass is 32.2. The van der Waals surface area contributed by atoms with Crippen molar-refractivity contribution in [2.75, 3.05) is 17.3 Å². The first-order chi connectivity index (χ1) is 9.86. The van der Waals surface area contributed by atoms with Crippen molar-refractivity contribution in [2.24, 2.45) is 0 Å². The third kappa shape index (κ3) is 2.68. The van der Waals surface area contributed by atoms with Gasteiger partial charge in [0.15, 0.2) is 26.4 Å². The molecule has 2 aromatic rings. The number of anilines is 2. The van der Waals surface area contributed by atoms with E-state index in [2.05, 4.69) is 20.6 Å². The van der Waals surface area contributed by atoms with Crippen LogP contribution in [0.4, 0.5) is 11.6 Å². The van der Waals surface area contributed by atoms with Crippen LogP contribution in [-0.2, 0) is 9.84 Å². The average Bonchev–Trinajstić information content (AvgIpc) is 3.12. The van der Waals surface area contributed by atoms with Gasteiger partial charge >= 0.3 is 0 Å². The molecule has 21 heavy (non-hydrogen) atoms. The van der Waals surface area contributed by atoms with Crippen LogP contribution in [-0.4, -0.2) is 40.7 Å². The van der Waals surface area contributed by atoms with Gasteiger partial charge in [0.1, 0.15) is 5.82 Å². The summed E-state index contributed by atoms with van der Waals surface area (Å²) in [7, 11) is -3.50. The molecule has 1 fully saturated rings. The van der Waals surface area contributed by atoms with E-state index in [0.29, 0.717) is 5.82 Å². The molecule has 0 radical (unpaired) electrons. The molecule has 112 valence electrons. The third-order valence-corrected chi connectivity index (χ3v) is 4.31. The van der Waals surface area contributed by atoms with Crippen molar-refractivity contribution in [1.29, 1.82) is 0 Å². The SMILES string of the molecule is Cc1ccc(-n2nc(NC3CC3)c(S(C)(=O)=O)c2N)nn1. The van der Waals surface area contributed by atoms with Crippen LogP contribution >= 0.6 is 0 Å². The Morgan fingerprint density at radius 2 is 2.05 bits per heavy atom. The summed E-state index contributed by atoms with van der Waals surface area (Å²) in [5.74, 6) is 0.700. The molecule has 2 aromatic heterocycles. The molecule has 0 unspecified atom stereocenters. The van der Waals surface area contributed by atoms with Gasteiger partial charge in [-0.15, -0.1) is 10.2 Å². The summed E-state index contributed by atoms with van der Waals surface area (Å²) in [6.07, 6.45) is 3.12. The van der Waals surface area contributed by atoms with Crippen LogP contribution in [0, 0.1) is 6.92 Å². The molecule has 3 rings (SSSR count). The molecular formula is C12H16N6O2S. The predicted molar refractivity (Wildman–Crippen MR) is 78.1 cm³/mol. The Morgan fingerprint density at radius 1 is 1.33 bits per heavy atom. The maximum Gasteiger partial charge on any atom is 0.182 e. The minimum absolute atomic E-state index is 0.0109. The highest BCUT2D eigenvalue weighted by Gasteiger charge is 2.30.